The van der Waals surface area contributed by atoms with Crippen LogP contribution in [0, 0.1) is 11.3 Å². The van der Waals surface area contributed by atoms with Crippen molar-refractivity contribution in [3.8, 4) is 23.0 Å². The normalized spacial score (nSPS) is 18.1. The number of methoxy groups -OCH3 is 2. The highest BCUT2D eigenvalue weighted by Gasteiger charge is 2.58. The number of hydrogen-bond donors (Lipinski definition) is 7. The fourth-order valence-electron chi connectivity index (χ4n) is 13.9. The van der Waals surface area contributed by atoms with Crippen molar-refractivity contribution in [2.75, 3.05) is 74.0 Å². The highest BCUT2D eigenvalue weighted by molar-refractivity contribution is 6.07. The number of aromatic nitrogens is 2. The van der Waals surface area contributed by atoms with Crippen LogP contribution >= 0.6 is 0 Å². The summed E-state index contributed by atoms with van der Waals surface area (Å²) in [6, 6.07) is 30.9. The number of hydrogen-bond acceptors (Lipinski definition) is 18. The van der Waals surface area contributed by atoms with E-state index in [9.17, 15) is 48.3 Å². The maximum absolute atomic E-state index is 14.5. The molecule has 1 saturated heterocycles. The van der Waals surface area contributed by atoms with Crippen LogP contribution < -0.4 is 60.6 Å². The van der Waals surface area contributed by atoms with Crippen molar-refractivity contribution in [1.82, 2.24) is 41.0 Å². The lowest BCUT2D eigenvalue weighted by atomic mass is 10.0. The second-order valence-electron chi connectivity index (χ2n) is 27.4. The molecule has 9 amide bonds. The molecule has 1 aliphatic carbocycles. The maximum atomic E-state index is 14.5. The van der Waals surface area contributed by atoms with Gasteiger partial charge in [0.15, 0.2) is 29.2 Å². The summed E-state index contributed by atoms with van der Waals surface area (Å²) in [5, 5.41) is 28.6. The average molecular weight is 1430 g/mol. The zero-order valence-corrected chi connectivity index (χ0v) is 58.8. The van der Waals surface area contributed by atoms with Gasteiger partial charge in [-0.05, 0) is 120 Å². The van der Waals surface area contributed by atoms with E-state index >= 15 is 0 Å². The number of anilines is 4. The molecule has 5 atom stereocenters. The Morgan fingerprint density at radius 3 is 2.12 bits per heavy atom. The van der Waals surface area contributed by atoms with Crippen molar-refractivity contribution >= 4 is 105 Å². The number of fused-ring (bicyclic) bond motifs is 7. The van der Waals surface area contributed by atoms with Gasteiger partial charge in [-0.15, -0.1) is 0 Å². The van der Waals surface area contributed by atoms with Crippen LogP contribution in [0.25, 0.3) is 28.8 Å². The fraction of sp³-hybridized carbons (Fsp3) is 0.346. The summed E-state index contributed by atoms with van der Waals surface area (Å²) >= 11 is 0. The molecule has 0 bridgehead atoms. The first kappa shape index (κ1) is 71.5. The molecule has 1 aromatic heterocycles. The van der Waals surface area contributed by atoms with E-state index in [-0.39, 0.29) is 84.6 Å². The Balaban J connectivity index is 0.573. The van der Waals surface area contributed by atoms with E-state index in [2.05, 4.69) is 41.9 Å². The van der Waals surface area contributed by atoms with Gasteiger partial charge in [0, 0.05) is 68.8 Å². The Bertz CT molecular complexity index is 4630. The van der Waals surface area contributed by atoms with Gasteiger partial charge < -0.3 is 75.4 Å². The fourth-order valence-corrected chi connectivity index (χ4v) is 13.9. The lowest BCUT2D eigenvalue weighted by Gasteiger charge is -2.31. The highest BCUT2D eigenvalue weighted by Crippen LogP contribution is 2.57. The Hall–Kier alpha value is -11.9. The minimum Gasteiger partial charge on any atom is -0.493 e. The van der Waals surface area contributed by atoms with Gasteiger partial charge in [-0.3, -0.25) is 48.3 Å². The summed E-state index contributed by atoms with van der Waals surface area (Å²) in [6.45, 7) is 5.07. The lowest BCUT2D eigenvalue weighted by Crippen LogP contribution is -2.55. The van der Waals surface area contributed by atoms with Crippen LogP contribution in [0.4, 0.5) is 27.5 Å². The number of aliphatic hydroxyl groups is 1. The Labute approximate surface area is 605 Å². The Morgan fingerprint density at radius 1 is 0.695 bits per heavy atom. The average Bonchev–Trinajstić information content (AvgIpc) is 1.56. The van der Waals surface area contributed by atoms with Crippen LogP contribution in [0.2, 0.25) is 0 Å². The third-order valence-electron chi connectivity index (χ3n) is 19.8. The first-order valence-electron chi connectivity index (χ1n) is 35.1. The third-order valence-corrected chi connectivity index (χ3v) is 19.8. The van der Waals surface area contributed by atoms with Crippen molar-refractivity contribution in [2.24, 2.45) is 11.3 Å². The van der Waals surface area contributed by atoms with Gasteiger partial charge in [0.05, 0.1) is 98.4 Å². The minimum absolute atomic E-state index is 0.0561. The van der Waals surface area contributed by atoms with Crippen molar-refractivity contribution in [3.63, 3.8) is 0 Å². The molecule has 7 aromatic rings. The van der Waals surface area contributed by atoms with E-state index in [1.807, 2.05) is 85.1 Å². The predicted octanol–water partition coefficient (Wildman–Crippen LogP) is 7.96. The SMILES string of the molecule is COc1cc2c(cc1OCCCOc1cc3c(cc1OC)C(=O)N1CC4(CC4)C[C@H]1C(O)N3C(=O)OCc1ccc(NC(=O)[C@H](C)NC(=O)[C@@H](NC(=O)CNC(=O)CNC(=O)CCC(=O)N3Cc4ccccc4/C=C\c4ccccc43)C(C)C)cc1)NC[C@@H]1CC(c3ccc4nccnc4c3)=CN1C2=O. The second kappa shape index (κ2) is 31.0. The highest BCUT2D eigenvalue weighted by atomic mass is 16.6. The van der Waals surface area contributed by atoms with Crippen molar-refractivity contribution in [1.29, 1.82) is 0 Å². The molecule has 5 aliphatic heterocycles. The van der Waals surface area contributed by atoms with E-state index in [0.29, 0.717) is 78.6 Å². The molecule has 105 heavy (non-hydrogen) atoms. The summed E-state index contributed by atoms with van der Waals surface area (Å²) in [6.07, 6.45) is 9.67. The van der Waals surface area contributed by atoms with Crippen LogP contribution in [-0.4, -0.2) is 162 Å². The summed E-state index contributed by atoms with van der Waals surface area (Å²) in [4.78, 5) is 137. The number of para-hydroxylation sites is 1. The van der Waals surface area contributed by atoms with E-state index in [0.717, 1.165) is 56.6 Å². The molecule has 2 fully saturated rings. The number of carbonyl (C=O) groups is 9. The van der Waals surface area contributed by atoms with E-state index < -0.39 is 79.0 Å². The molecule has 6 aliphatic rings. The van der Waals surface area contributed by atoms with Gasteiger partial charge in [-0.1, -0.05) is 86.7 Å². The van der Waals surface area contributed by atoms with Gasteiger partial charge in [-0.25, -0.2) is 9.69 Å². The number of amides is 9. The van der Waals surface area contributed by atoms with E-state index in [1.54, 1.807) is 77.3 Å². The molecule has 13 rings (SSSR count). The molecular formula is C78H82N12O15. The molecule has 544 valence electrons. The van der Waals surface area contributed by atoms with E-state index in [1.165, 1.54) is 33.3 Å². The first-order valence-corrected chi connectivity index (χ1v) is 35.1. The first-order chi connectivity index (χ1) is 50.7. The predicted molar refractivity (Wildman–Crippen MR) is 390 cm³/mol. The van der Waals surface area contributed by atoms with Crippen LogP contribution in [0.3, 0.4) is 0 Å². The molecule has 6 heterocycles. The van der Waals surface area contributed by atoms with Gasteiger partial charge in [-0.2, -0.15) is 0 Å². The Morgan fingerprint density at radius 2 is 1.38 bits per heavy atom. The Kier molecular flexibility index (Phi) is 21.1. The quantitative estimate of drug-likeness (QED) is 0.0282. The maximum Gasteiger partial charge on any atom is 0.416 e. The number of benzene rings is 6. The van der Waals surface area contributed by atoms with Gasteiger partial charge in [0.1, 0.15) is 18.7 Å². The standard InChI is InChI=1S/C78H82N12O15/c1-45(2)71(86-69(93)40-83-68(92)39-82-67(91)23-24-70(94)88-41-51-13-7-6-11-48(51)17-18-49-12-8-9-14-60(49)88)73(96)84-46(3)72(95)85-53-20-15-47(16-21-53)43-105-77(100)90-61-36-66(64(102-5)34-56(61)75(98)89-44-78(25-26-78)37-62(89)76(90)99)104-30-10-29-103-65-35-58-55(33-63(65)101-4)74(97)87-42-52(31-54(87)38-81-58)50-19-22-57-59(32-50)80-28-27-79-57/h6-9,11-22,27-28,32-36,42,45-46,54,62,71,76,81,99H,10,23-26,29-31,37-41,43-44H2,1-5H3,(H,82,91)(H,83,92)(H,84,96)(H,85,95)(H,86,93)/b18-17-/t46-,54-,62-,71-,76?/m0/s1. The number of rotatable bonds is 24. The van der Waals surface area contributed by atoms with Crippen molar-refractivity contribution < 1.29 is 71.9 Å². The van der Waals surface area contributed by atoms with Crippen molar-refractivity contribution in [2.45, 2.75) is 109 Å². The monoisotopic (exact) mass is 1430 g/mol. The largest absolute Gasteiger partial charge is 0.493 e. The topological polar surface area (TPSA) is 331 Å². The zero-order chi connectivity index (χ0) is 73.6. The van der Waals surface area contributed by atoms with Crippen LogP contribution in [-0.2, 0) is 46.7 Å². The van der Waals surface area contributed by atoms with Crippen LogP contribution in [0.5, 0.6) is 23.0 Å². The van der Waals surface area contributed by atoms with E-state index in [4.69, 9.17) is 23.7 Å². The summed E-state index contributed by atoms with van der Waals surface area (Å²) in [5.41, 5.74) is 8.95. The van der Waals surface area contributed by atoms with Crippen LogP contribution in [0.15, 0.2) is 134 Å². The number of carbonyl (C=O) groups excluding carboxylic acids is 9. The van der Waals surface area contributed by atoms with Gasteiger partial charge in [0.2, 0.25) is 35.4 Å². The molecule has 1 unspecified atom stereocenters. The summed E-state index contributed by atoms with van der Waals surface area (Å²) < 4.78 is 30.0. The number of ether oxygens (including phenoxy) is 5. The summed E-state index contributed by atoms with van der Waals surface area (Å²) in [5.74, 6) is -3.25. The molecule has 1 spiro atoms. The third kappa shape index (κ3) is 15.9. The molecular weight excluding hydrogens is 1340 g/mol. The molecule has 0 radical (unpaired) electrons. The minimum atomic E-state index is -1.50. The summed E-state index contributed by atoms with van der Waals surface area (Å²) in [7, 11) is 2.94. The number of aliphatic hydroxyl groups excluding tert-OH is 1. The molecule has 7 N–H and O–H groups in total. The molecule has 6 aromatic carbocycles. The molecule has 1 saturated carbocycles. The molecule has 27 nitrogen and oxygen atoms in total. The van der Waals surface area contributed by atoms with Gasteiger partial charge in [0.25, 0.3) is 11.8 Å². The zero-order valence-electron chi connectivity index (χ0n) is 58.8. The van der Waals surface area contributed by atoms with Gasteiger partial charge >= 0.3 is 6.09 Å². The number of nitrogens with zero attached hydrogens (tertiary/aromatic N) is 6. The smallest absolute Gasteiger partial charge is 0.416 e. The lowest BCUT2D eigenvalue weighted by molar-refractivity contribution is -0.132. The molecule has 27 heteroatoms. The number of nitrogens with one attached hydrogen (secondary N) is 6. The van der Waals surface area contributed by atoms with Crippen LogP contribution in [0.1, 0.15) is 114 Å². The van der Waals surface area contributed by atoms with Crippen molar-refractivity contribution in [3.05, 3.63) is 173 Å². The second-order valence-corrected chi connectivity index (χ2v) is 27.4.